The Morgan fingerprint density at radius 3 is 2.85 bits per heavy atom. The zero-order valence-corrected chi connectivity index (χ0v) is 17.3. The van der Waals surface area contributed by atoms with Gasteiger partial charge in [0.2, 0.25) is 0 Å². The smallest absolute Gasteiger partial charge is 0.406 e. The van der Waals surface area contributed by atoms with E-state index in [-0.39, 0.29) is 5.69 Å². The summed E-state index contributed by atoms with van der Waals surface area (Å²) in [5.74, 6) is -0.805. The quantitative estimate of drug-likeness (QED) is 0.433. The number of fused-ring (bicyclic) bond motifs is 2. The molecule has 2 heterocycles. The topological polar surface area (TPSA) is 70.2 Å². The standard InChI is InChI=1S/C24H19F3N4O2/c25-24(26,27)33-19-3-1-2-18(12-19)30-23(32)17-6-5-16-8-9-31(22(16)11-17)13-15-4-7-20-21(10-15)29-14-28-20/h1-7,10-12,14H,8-9,13H2,(H,28,29)(H,30,32). The fourth-order valence-corrected chi connectivity index (χ4v) is 4.02. The van der Waals surface area contributed by atoms with Crippen LogP contribution in [0.2, 0.25) is 0 Å². The summed E-state index contributed by atoms with van der Waals surface area (Å²) in [6.07, 6.45) is -2.26. The second kappa shape index (κ2) is 8.16. The molecule has 0 aliphatic carbocycles. The van der Waals surface area contributed by atoms with Crippen LogP contribution in [0.25, 0.3) is 11.0 Å². The van der Waals surface area contributed by atoms with Gasteiger partial charge in [0.25, 0.3) is 5.91 Å². The number of rotatable bonds is 5. The second-order valence-electron chi connectivity index (χ2n) is 7.80. The summed E-state index contributed by atoms with van der Waals surface area (Å²) in [4.78, 5) is 22.4. The van der Waals surface area contributed by atoms with Crippen molar-refractivity contribution in [1.29, 1.82) is 0 Å². The maximum absolute atomic E-state index is 12.8. The summed E-state index contributed by atoms with van der Waals surface area (Å²) in [5, 5.41) is 2.64. The second-order valence-corrected chi connectivity index (χ2v) is 7.80. The molecule has 1 aliphatic heterocycles. The van der Waals surface area contributed by atoms with Gasteiger partial charge in [0.15, 0.2) is 0 Å². The first-order valence-electron chi connectivity index (χ1n) is 10.3. The minimum absolute atomic E-state index is 0.214. The number of nitrogens with one attached hydrogen (secondary N) is 2. The van der Waals surface area contributed by atoms with Crippen LogP contribution in [0, 0.1) is 0 Å². The maximum Gasteiger partial charge on any atom is 0.573 e. The molecule has 5 rings (SSSR count). The van der Waals surface area contributed by atoms with Gasteiger partial charge in [-0.1, -0.05) is 18.2 Å². The molecule has 0 unspecified atom stereocenters. The van der Waals surface area contributed by atoms with E-state index in [0.29, 0.717) is 12.1 Å². The molecule has 9 heteroatoms. The van der Waals surface area contributed by atoms with E-state index in [4.69, 9.17) is 0 Å². The number of carbonyl (C=O) groups is 1. The number of benzene rings is 3. The fourth-order valence-electron chi connectivity index (χ4n) is 4.02. The molecular formula is C24H19F3N4O2. The van der Waals surface area contributed by atoms with Crippen LogP contribution in [0.15, 0.2) is 67.0 Å². The Balaban J connectivity index is 1.32. The molecule has 33 heavy (non-hydrogen) atoms. The van der Waals surface area contributed by atoms with Crippen molar-refractivity contribution >= 4 is 28.3 Å². The largest absolute Gasteiger partial charge is 0.573 e. The van der Waals surface area contributed by atoms with Crippen molar-refractivity contribution in [3.05, 3.63) is 83.7 Å². The monoisotopic (exact) mass is 452 g/mol. The van der Waals surface area contributed by atoms with Gasteiger partial charge in [0.05, 0.1) is 17.4 Å². The Bertz CT molecular complexity index is 1330. The van der Waals surface area contributed by atoms with E-state index in [1.165, 1.54) is 18.2 Å². The highest BCUT2D eigenvalue weighted by atomic mass is 19.4. The molecule has 0 saturated carbocycles. The Morgan fingerprint density at radius 1 is 1.12 bits per heavy atom. The number of alkyl halides is 3. The van der Waals surface area contributed by atoms with Crippen LogP contribution >= 0.6 is 0 Å². The number of hydrogen-bond acceptors (Lipinski definition) is 4. The highest BCUT2D eigenvalue weighted by Gasteiger charge is 2.31. The third kappa shape index (κ3) is 4.62. The predicted molar refractivity (Wildman–Crippen MR) is 118 cm³/mol. The molecule has 2 N–H and O–H groups in total. The number of halogens is 3. The zero-order valence-electron chi connectivity index (χ0n) is 17.3. The number of amides is 1. The Hall–Kier alpha value is -4.01. The lowest BCUT2D eigenvalue weighted by atomic mass is 10.1. The summed E-state index contributed by atoms with van der Waals surface area (Å²) in [5.41, 5.74) is 5.74. The maximum atomic E-state index is 12.8. The zero-order chi connectivity index (χ0) is 23.0. The van der Waals surface area contributed by atoms with Gasteiger partial charge >= 0.3 is 6.36 Å². The van der Waals surface area contributed by atoms with Gasteiger partial charge in [-0.05, 0) is 53.9 Å². The van der Waals surface area contributed by atoms with Crippen LogP contribution in [0.5, 0.6) is 5.75 Å². The summed E-state index contributed by atoms with van der Waals surface area (Å²) < 4.78 is 41.3. The van der Waals surface area contributed by atoms with Crippen LogP contribution in [0.1, 0.15) is 21.5 Å². The van der Waals surface area contributed by atoms with E-state index in [1.54, 1.807) is 12.4 Å². The Kier molecular flexibility index (Phi) is 5.16. The third-order valence-electron chi connectivity index (χ3n) is 5.52. The molecular weight excluding hydrogens is 433 g/mol. The number of aromatic nitrogens is 2. The first kappa shape index (κ1) is 20.9. The van der Waals surface area contributed by atoms with Crippen molar-refractivity contribution in [3.8, 4) is 5.75 Å². The lowest BCUT2D eigenvalue weighted by Gasteiger charge is -2.20. The van der Waals surface area contributed by atoms with Crippen LogP contribution < -0.4 is 15.0 Å². The molecule has 0 spiro atoms. The number of nitrogens with zero attached hydrogens (tertiary/aromatic N) is 2. The van der Waals surface area contributed by atoms with Crippen molar-refractivity contribution < 1.29 is 22.7 Å². The van der Waals surface area contributed by atoms with Crippen molar-refractivity contribution in [1.82, 2.24) is 9.97 Å². The molecule has 0 atom stereocenters. The van der Waals surface area contributed by atoms with Crippen LogP contribution in [-0.4, -0.2) is 28.8 Å². The van der Waals surface area contributed by atoms with Gasteiger partial charge in [0.1, 0.15) is 5.75 Å². The molecule has 1 amide bonds. The fraction of sp³-hybridized carbons (Fsp3) is 0.167. The van der Waals surface area contributed by atoms with Gasteiger partial charge < -0.3 is 19.9 Å². The minimum Gasteiger partial charge on any atom is -0.406 e. The van der Waals surface area contributed by atoms with E-state index < -0.39 is 18.0 Å². The van der Waals surface area contributed by atoms with E-state index in [0.717, 1.165) is 46.9 Å². The van der Waals surface area contributed by atoms with Crippen LogP contribution in [-0.2, 0) is 13.0 Å². The first-order chi connectivity index (χ1) is 15.8. The van der Waals surface area contributed by atoms with Gasteiger partial charge in [-0.3, -0.25) is 4.79 Å². The van der Waals surface area contributed by atoms with Gasteiger partial charge in [-0.25, -0.2) is 4.98 Å². The average Bonchev–Trinajstić information content (AvgIpc) is 3.39. The molecule has 3 aromatic carbocycles. The molecule has 1 aromatic heterocycles. The van der Waals surface area contributed by atoms with Gasteiger partial charge in [-0.2, -0.15) is 0 Å². The summed E-state index contributed by atoms with van der Waals surface area (Å²) in [7, 11) is 0. The van der Waals surface area contributed by atoms with Crippen molar-refractivity contribution in [2.45, 2.75) is 19.3 Å². The Labute approximate surface area is 187 Å². The van der Waals surface area contributed by atoms with Crippen molar-refractivity contribution in [3.63, 3.8) is 0 Å². The lowest BCUT2D eigenvalue weighted by Crippen LogP contribution is -2.20. The summed E-state index contributed by atoms with van der Waals surface area (Å²) >= 11 is 0. The molecule has 6 nitrogen and oxygen atoms in total. The molecule has 0 saturated heterocycles. The molecule has 168 valence electrons. The van der Waals surface area contributed by atoms with Crippen molar-refractivity contribution in [2.24, 2.45) is 0 Å². The van der Waals surface area contributed by atoms with Gasteiger partial charge in [0, 0.05) is 36.1 Å². The summed E-state index contributed by atoms with van der Waals surface area (Å²) in [6.45, 7) is 1.51. The number of aromatic amines is 1. The molecule has 0 fully saturated rings. The molecule has 1 aliphatic rings. The number of carbonyl (C=O) groups excluding carboxylic acids is 1. The number of imidazole rings is 1. The lowest BCUT2D eigenvalue weighted by molar-refractivity contribution is -0.274. The number of hydrogen-bond donors (Lipinski definition) is 2. The van der Waals surface area contributed by atoms with Crippen LogP contribution in [0.4, 0.5) is 24.5 Å². The normalized spacial score (nSPS) is 13.2. The first-order valence-corrected chi connectivity index (χ1v) is 10.3. The Morgan fingerprint density at radius 2 is 2.00 bits per heavy atom. The van der Waals surface area contributed by atoms with Crippen LogP contribution in [0.3, 0.4) is 0 Å². The van der Waals surface area contributed by atoms with Gasteiger partial charge in [-0.15, -0.1) is 13.2 Å². The molecule has 0 bridgehead atoms. The van der Waals surface area contributed by atoms with E-state index in [2.05, 4.69) is 24.9 Å². The third-order valence-corrected chi connectivity index (χ3v) is 5.52. The van der Waals surface area contributed by atoms with E-state index in [9.17, 15) is 18.0 Å². The SMILES string of the molecule is O=C(Nc1cccc(OC(F)(F)F)c1)c1ccc2c(c1)N(Cc1ccc3[nH]cnc3c1)CC2. The van der Waals surface area contributed by atoms with E-state index >= 15 is 0 Å². The van der Waals surface area contributed by atoms with Crippen molar-refractivity contribution in [2.75, 3.05) is 16.8 Å². The predicted octanol–water partition coefficient (Wildman–Crippen LogP) is 5.28. The summed E-state index contributed by atoms with van der Waals surface area (Å²) in [6, 6.07) is 16.8. The number of ether oxygens (including phenoxy) is 1. The average molecular weight is 452 g/mol. The highest BCUT2D eigenvalue weighted by molar-refractivity contribution is 6.05. The number of anilines is 2. The number of H-pyrrole nitrogens is 1. The van der Waals surface area contributed by atoms with E-state index in [1.807, 2.05) is 30.3 Å². The highest BCUT2D eigenvalue weighted by Crippen LogP contribution is 2.31. The molecule has 4 aromatic rings. The molecule has 0 radical (unpaired) electrons. The minimum atomic E-state index is -4.80.